The van der Waals surface area contributed by atoms with Crippen molar-refractivity contribution in [1.29, 1.82) is 0 Å². The van der Waals surface area contributed by atoms with E-state index in [1.54, 1.807) is 0 Å². The highest BCUT2D eigenvalue weighted by atomic mass is 19.4. The number of carbonyl (C=O) groups is 1. The van der Waals surface area contributed by atoms with Gasteiger partial charge in [-0.3, -0.25) is 4.79 Å². The van der Waals surface area contributed by atoms with Crippen LogP contribution in [0.1, 0.15) is 29.3 Å². The summed E-state index contributed by atoms with van der Waals surface area (Å²) in [5.74, 6) is -0.375. The van der Waals surface area contributed by atoms with Gasteiger partial charge in [0.1, 0.15) is 0 Å². The zero-order chi connectivity index (χ0) is 14.9. The van der Waals surface area contributed by atoms with Crippen molar-refractivity contribution in [2.24, 2.45) is 11.7 Å². The first-order valence-electron chi connectivity index (χ1n) is 6.53. The minimum atomic E-state index is -4.53. The molecule has 0 aromatic heterocycles. The van der Waals surface area contributed by atoms with Crippen LogP contribution in [0, 0.1) is 5.92 Å². The van der Waals surface area contributed by atoms with E-state index in [9.17, 15) is 18.0 Å². The molecule has 20 heavy (non-hydrogen) atoms. The molecule has 0 spiro atoms. The van der Waals surface area contributed by atoms with Gasteiger partial charge in [0.15, 0.2) is 0 Å². The average Bonchev–Trinajstić information content (AvgIpc) is 2.78. The van der Waals surface area contributed by atoms with Crippen molar-refractivity contribution in [2.75, 3.05) is 13.1 Å². The fourth-order valence-corrected chi connectivity index (χ4v) is 2.69. The Kier molecular flexibility index (Phi) is 4.04. The number of hydrogen-bond acceptors (Lipinski definition) is 2. The van der Waals surface area contributed by atoms with Gasteiger partial charge in [-0.25, -0.2) is 0 Å². The van der Waals surface area contributed by atoms with E-state index in [4.69, 9.17) is 5.73 Å². The second-order valence-corrected chi connectivity index (χ2v) is 5.11. The minimum absolute atomic E-state index is 0.191. The summed E-state index contributed by atoms with van der Waals surface area (Å²) in [5.41, 5.74) is 4.45. The molecule has 1 amide bonds. The fraction of sp³-hybridized carbons (Fsp3) is 0.500. The Hall–Kier alpha value is -1.56. The normalized spacial score (nSPS) is 23.1. The van der Waals surface area contributed by atoms with Crippen LogP contribution >= 0.6 is 0 Å². The van der Waals surface area contributed by atoms with Gasteiger partial charge in [0, 0.05) is 19.1 Å². The van der Waals surface area contributed by atoms with Gasteiger partial charge in [-0.05, 0) is 24.5 Å². The molecule has 0 aliphatic carbocycles. The zero-order valence-corrected chi connectivity index (χ0v) is 11.2. The van der Waals surface area contributed by atoms with Crippen molar-refractivity contribution < 1.29 is 18.0 Å². The highest BCUT2D eigenvalue weighted by molar-refractivity contribution is 5.96. The molecule has 1 fully saturated rings. The van der Waals surface area contributed by atoms with E-state index in [0.29, 0.717) is 6.54 Å². The highest BCUT2D eigenvalue weighted by Crippen LogP contribution is 2.34. The van der Waals surface area contributed by atoms with Gasteiger partial charge >= 0.3 is 6.18 Å². The lowest BCUT2D eigenvalue weighted by atomic mass is 10.0. The molecule has 2 atom stereocenters. The Bertz CT molecular complexity index is 501. The van der Waals surface area contributed by atoms with Gasteiger partial charge in [-0.15, -0.1) is 0 Å². The van der Waals surface area contributed by atoms with Crippen LogP contribution in [0.5, 0.6) is 0 Å². The van der Waals surface area contributed by atoms with E-state index in [2.05, 4.69) is 0 Å². The molecule has 6 heteroatoms. The van der Waals surface area contributed by atoms with Crippen LogP contribution in [-0.2, 0) is 6.18 Å². The maximum atomic E-state index is 13.0. The van der Waals surface area contributed by atoms with Crippen molar-refractivity contribution in [1.82, 2.24) is 4.90 Å². The highest BCUT2D eigenvalue weighted by Gasteiger charge is 2.39. The second kappa shape index (κ2) is 5.44. The van der Waals surface area contributed by atoms with Gasteiger partial charge < -0.3 is 10.6 Å². The van der Waals surface area contributed by atoms with Gasteiger partial charge in [0.25, 0.3) is 5.91 Å². The van der Waals surface area contributed by atoms with E-state index < -0.39 is 17.6 Å². The van der Waals surface area contributed by atoms with Gasteiger partial charge in [0.05, 0.1) is 11.1 Å². The molecule has 0 saturated carbocycles. The molecular weight excluding hydrogens is 269 g/mol. The molecule has 2 rings (SSSR count). The first kappa shape index (κ1) is 14.8. The van der Waals surface area contributed by atoms with Crippen LogP contribution in [0.25, 0.3) is 0 Å². The molecule has 0 bridgehead atoms. The summed E-state index contributed by atoms with van der Waals surface area (Å²) in [6.07, 6.45) is -3.77. The summed E-state index contributed by atoms with van der Waals surface area (Å²) in [7, 11) is 0. The topological polar surface area (TPSA) is 46.3 Å². The number of rotatable bonds is 2. The van der Waals surface area contributed by atoms with E-state index in [0.717, 1.165) is 12.5 Å². The lowest BCUT2D eigenvalue weighted by Crippen LogP contribution is -2.42. The lowest BCUT2D eigenvalue weighted by molar-refractivity contribution is -0.138. The standard InChI is InChI=1S/C14H17F3N2O/c1-9-6-7-19(12(9)8-18)13(20)10-4-2-3-5-11(10)14(15,16)17/h2-5,9,12H,6-8,18H2,1H3. The molecular formula is C14H17F3N2O. The summed E-state index contributed by atoms with van der Waals surface area (Å²) in [4.78, 5) is 13.9. The molecule has 2 unspecified atom stereocenters. The van der Waals surface area contributed by atoms with E-state index >= 15 is 0 Å². The van der Waals surface area contributed by atoms with E-state index in [1.807, 2.05) is 6.92 Å². The number of nitrogens with two attached hydrogens (primary N) is 1. The van der Waals surface area contributed by atoms with Crippen LogP contribution in [0.3, 0.4) is 0 Å². The molecule has 3 nitrogen and oxygen atoms in total. The Balaban J connectivity index is 2.35. The number of nitrogens with zero attached hydrogens (tertiary/aromatic N) is 1. The Morgan fingerprint density at radius 1 is 1.40 bits per heavy atom. The summed E-state index contributed by atoms with van der Waals surface area (Å²) in [6, 6.07) is 4.70. The van der Waals surface area contributed by atoms with Crippen LogP contribution in [0.2, 0.25) is 0 Å². The largest absolute Gasteiger partial charge is 0.417 e. The monoisotopic (exact) mass is 286 g/mol. The molecule has 1 saturated heterocycles. The van der Waals surface area contributed by atoms with Crippen LogP contribution in [-0.4, -0.2) is 29.9 Å². The predicted octanol–water partition coefficient (Wildman–Crippen LogP) is 2.51. The SMILES string of the molecule is CC1CCN(C(=O)c2ccccc2C(F)(F)F)C1CN. The van der Waals surface area contributed by atoms with E-state index in [-0.39, 0.29) is 24.1 Å². The van der Waals surface area contributed by atoms with Gasteiger partial charge in [-0.1, -0.05) is 19.1 Å². The molecule has 1 aromatic carbocycles. The third kappa shape index (κ3) is 2.65. The van der Waals surface area contributed by atoms with Crippen LogP contribution < -0.4 is 5.73 Å². The molecule has 1 aliphatic rings. The minimum Gasteiger partial charge on any atom is -0.334 e. The maximum Gasteiger partial charge on any atom is 0.417 e. The third-order valence-corrected chi connectivity index (χ3v) is 3.85. The maximum absolute atomic E-state index is 13.0. The molecule has 1 heterocycles. The van der Waals surface area contributed by atoms with Gasteiger partial charge in [0.2, 0.25) is 0 Å². The number of carbonyl (C=O) groups excluding carboxylic acids is 1. The number of halogens is 3. The fourth-order valence-electron chi connectivity index (χ4n) is 2.69. The third-order valence-electron chi connectivity index (χ3n) is 3.85. The Morgan fingerprint density at radius 3 is 2.65 bits per heavy atom. The van der Waals surface area contributed by atoms with Crippen LogP contribution in [0.4, 0.5) is 13.2 Å². The van der Waals surface area contributed by atoms with Crippen molar-refractivity contribution >= 4 is 5.91 Å². The van der Waals surface area contributed by atoms with Gasteiger partial charge in [-0.2, -0.15) is 13.2 Å². The number of hydrogen-bond donors (Lipinski definition) is 1. The van der Waals surface area contributed by atoms with Crippen molar-refractivity contribution in [3.8, 4) is 0 Å². The number of amides is 1. The van der Waals surface area contributed by atoms with Crippen molar-refractivity contribution in [3.63, 3.8) is 0 Å². The number of benzene rings is 1. The van der Waals surface area contributed by atoms with E-state index in [1.165, 1.54) is 23.1 Å². The second-order valence-electron chi connectivity index (χ2n) is 5.11. The quantitative estimate of drug-likeness (QED) is 0.908. The molecule has 1 aliphatic heterocycles. The number of likely N-dealkylation sites (tertiary alicyclic amines) is 1. The smallest absolute Gasteiger partial charge is 0.334 e. The van der Waals surface area contributed by atoms with Crippen LogP contribution in [0.15, 0.2) is 24.3 Å². The first-order valence-corrected chi connectivity index (χ1v) is 6.53. The molecule has 2 N–H and O–H groups in total. The zero-order valence-electron chi connectivity index (χ0n) is 11.2. The first-order chi connectivity index (χ1) is 9.36. The Labute approximate surface area is 115 Å². The van der Waals surface area contributed by atoms with Crippen molar-refractivity contribution in [3.05, 3.63) is 35.4 Å². The molecule has 0 radical (unpaired) electrons. The predicted molar refractivity (Wildman–Crippen MR) is 69.1 cm³/mol. The average molecular weight is 286 g/mol. The summed E-state index contributed by atoms with van der Waals surface area (Å²) in [6.45, 7) is 2.68. The molecule has 1 aromatic rings. The summed E-state index contributed by atoms with van der Waals surface area (Å²) >= 11 is 0. The summed E-state index contributed by atoms with van der Waals surface area (Å²) < 4.78 is 38.9. The van der Waals surface area contributed by atoms with Crippen molar-refractivity contribution in [2.45, 2.75) is 25.6 Å². The number of alkyl halides is 3. The Morgan fingerprint density at radius 2 is 2.05 bits per heavy atom. The molecule has 110 valence electrons. The summed E-state index contributed by atoms with van der Waals surface area (Å²) in [5, 5.41) is 0. The lowest BCUT2D eigenvalue weighted by Gasteiger charge is -2.26.